The minimum Gasteiger partial charge on any atom is -0.360 e. The van der Waals surface area contributed by atoms with Crippen molar-refractivity contribution in [2.24, 2.45) is 0 Å². The number of aromatic nitrogens is 2. The highest BCUT2D eigenvalue weighted by Gasteiger charge is 2.08. The van der Waals surface area contributed by atoms with Gasteiger partial charge in [0, 0.05) is 36.1 Å². The van der Waals surface area contributed by atoms with Crippen molar-refractivity contribution >= 4 is 60.3 Å². The van der Waals surface area contributed by atoms with Crippen LogP contribution in [-0.4, -0.2) is 9.97 Å². The maximum Gasteiger partial charge on any atom is 0.0731 e. The Balaban J connectivity index is 1.95. The van der Waals surface area contributed by atoms with Crippen LogP contribution in [0.4, 0.5) is 0 Å². The molecule has 0 fully saturated rings. The lowest BCUT2D eigenvalue weighted by Crippen LogP contribution is -1.85. The molecule has 2 aromatic heterocycles. The van der Waals surface area contributed by atoms with E-state index >= 15 is 0 Å². The fraction of sp³-hybridized carbons (Fsp3) is 0. The van der Waals surface area contributed by atoms with E-state index in [1.165, 1.54) is 14.3 Å². The molecule has 0 unspecified atom stereocenters. The maximum absolute atomic E-state index is 4.80. The fourth-order valence-corrected chi connectivity index (χ4v) is 3.43. The molecule has 0 radical (unpaired) electrons. The molecule has 0 amide bonds. The molecule has 0 saturated carbocycles. The van der Waals surface area contributed by atoms with E-state index in [0.717, 1.165) is 26.8 Å². The van der Waals surface area contributed by atoms with Crippen LogP contribution in [0.5, 0.6) is 0 Å². The van der Waals surface area contributed by atoms with Crippen molar-refractivity contribution in [3.63, 3.8) is 0 Å². The van der Waals surface area contributed by atoms with Crippen LogP contribution >= 0.6 is 38.5 Å². The zero-order valence-electron chi connectivity index (χ0n) is 10.9. The summed E-state index contributed by atoms with van der Waals surface area (Å²) in [4.78, 5) is 8.11. The van der Waals surface area contributed by atoms with Gasteiger partial charge in [0.05, 0.1) is 11.2 Å². The first-order chi connectivity index (χ1) is 10.2. The average Bonchev–Trinajstić information content (AvgIpc) is 2.89. The highest BCUT2D eigenvalue weighted by Crippen LogP contribution is 2.30. The minimum absolute atomic E-state index is 0.994. The molecule has 0 aliphatic carbocycles. The second kappa shape index (κ2) is 5.10. The van der Waals surface area contributed by atoms with E-state index in [1.54, 1.807) is 0 Å². The van der Waals surface area contributed by atoms with Gasteiger partial charge in [0.15, 0.2) is 0 Å². The van der Waals surface area contributed by atoms with Crippen molar-refractivity contribution in [1.29, 1.82) is 0 Å². The van der Waals surface area contributed by atoms with E-state index in [2.05, 4.69) is 86.0 Å². The van der Waals surface area contributed by atoms with Crippen LogP contribution in [0.2, 0.25) is 0 Å². The number of rotatable bonds is 1. The number of hydrogen-bond acceptors (Lipinski definition) is 1. The molecule has 4 rings (SSSR count). The smallest absolute Gasteiger partial charge is 0.0731 e. The summed E-state index contributed by atoms with van der Waals surface area (Å²) in [6.07, 6.45) is 2.03. The van der Waals surface area contributed by atoms with Gasteiger partial charge in [-0.3, -0.25) is 0 Å². The van der Waals surface area contributed by atoms with Crippen molar-refractivity contribution in [3.8, 4) is 11.3 Å². The molecular weight excluding hydrogens is 439 g/mol. The minimum atomic E-state index is 0.994. The zero-order valence-corrected chi connectivity index (χ0v) is 14.6. The molecule has 0 aliphatic rings. The van der Waals surface area contributed by atoms with Crippen LogP contribution in [0.15, 0.2) is 59.2 Å². The average molecular weight is 449 g/mol. The van der Waals surface area contributed by atoms with Crippen LogP contribution < -0.4 is 0 Å². The summed E-state index contributed by atoms with van der Waals surface area (Å²) < 4.78 is 2.30. The van der Waals surface area contributed by atoms with Crippen molar-refractivity contribution in [2.45, 2.75) is 0 Å². The summed E-state index contributed by atoms with van der Waals surface area (Å²) in [5, 5.41) is 2.36. The highest BCUT2D eigenvalue weighted by molar-refractivity contribution is 14.1. The number of nitrogens with one attached hydrogen (secondary N) is 1. The van der Waals surface area contributed by atoms with Gasteiger partial charge in [0.1, 0.15) is 0 Å². The Morgan fingerprint density at radius 3 is 2.81 bits per heavy atom. The van der Waals surface area contributed by atoms with Gasteiger partial charge in [0.2, 0.25) is 0 Å². The number of pyridine rings is 1. The molecule has 0 atom stereocenters. The third kappa shape index (κ3) is 2.36. The first-order valence-electron chi connectivity index (χ1n) is 6.54. The predicted octanol–water partition coefficient (Wildman–Crippen LogP) is 5.75. The molecule has 21 heavy (non-hydrogen) atoms. The van der Waals surface area contributed by atoms with Gasteiger partial charge in [-0.15, -0.1) is 0 Å². The summed E-state index contributed by atoms with van der Waals surface area (Å²) in [7, 11) is 0. The van der Waals surface area contributed by atoms with Crippen LogP contribution in [-0.2, 0) is 0 Å². The largest absolute Gasteiger partial charge is 0.360 e. The molecule has 0 saturated heterocycles. The number of fused-ring (bicyclic) bond motifs is 2. The van der Waals surface area contributed by atoms with Crippen LogP contribution in [0.3, 0.4) is 0 Å². The SMILES string of the molecule is Brc1ccc2[nH]cc(-c3ccc4cc(I)ccc4n3)c2c1. The van der Waals surface area contributed by atoms with E-state index in [9.17, 15) is 0 Å². The maximum atomic E-state index is 4.80. The van der Waals surface area contributed by atoms with Crippen molar-refractivity contribution < 1.29 is 0 Å². The van der Waals surface area contributed by atoms with E-state index in [4.69, 9.17) is 4.98 Å². The van der Waals surface area contributed by atoms with Gasteiger partial charge in [-0.25, -0.2) is 4.98 Å². The molecule has 0 bridgehead atoms. The van der Waals surface area contributed by atoms with E-state index in [1.807, 2.05) is 12.3 Å². The van der Waals surface area contributed by atoms with Crippen molar-refractivity contribution in [1.82, 2.24) is 9.97 Å². The number of hydrogen-bond donors (Lipinski definition) is 1. The van der Waals surface area contributed by atoms with Gasteiger partial charge >= 0.3 is 0 Å². The molecule has 102 valence electrons. The normalized spacial score (nSPS) is 11.3. The van der Waals surface area contributed by atoms with Crippen molar-refractivity contribution in [3.05, 3.63) is 62.8 Å². The third-order valence-electron chi connectivity index (χ3n) is 3.57. The van der Waals surface area contributed by atoms with E-state index in [0.29, 0.717) is 0 Å². The molecule has 2 aromatic carbocycles. The Morgan fingerprint density at radius 1 is 1.00 bits per heavy atom. The third-order valence-corrected chi connectivity index (χ3v) is 4.74. The molecule has 0 spiro atoms. The second-order valence-corrected chi connectivity index (χ2v) is 7.09. The highest BCUT2D eigenvalue weighted by atomic mass is 127. The molecule has 1 N–H and O–H groups in total. The van der Waals surface area contributed by atoms with Crippen molar-refractivity contribution in [2.75, 3.05) is 0 Å². The quantitative estimate of drug-likeness (QED) is 0.369. The lowest BCUT2D eigenvalue weighted by atomic mass is 10.1. The van der Waals surface area contributed by atoms with Crippen LogP contribution in [0.1, 0.15) is 0 Å². The van der Waals surface area contributed by atoms with E-state index < -0.39 is 0 Å². The second-order valence-electron chi connectivity index (χ2n) is 4.93. The number of nitrogens with zero attached hydrogens (tertiary/aromatic N) is 1. The number of halogens is 2. The Labute approximate surface area is 143 Å². The number of aromatic amines is 1. The lowest BCUT2D eigenvalue weighted by Gasteiger charge is -2.03. The Kier molecular flexibility index (Phi) is 3.23. The van der Waals surface area contributed by atoms with Gasteiger partial charge in [-0.2, -0.15) is 0 Å². The van der Waals surface area contributed by atoms with E-state index in [-0.39, 0.29) is 0 Å². The topological polar surface area (TPSA) is 28.7 Å². The Hall–Kier alpha value is -1.40. The molecule has 0 aliphatic heterocycles. The van der Waals surface area contributed by atoms with Gasteiger partial charge in [0.25, 0.3) is 0 Å². The summed E-state index contributed by atoms with van der Waals surface area (Å²) >= 11 is 5.86. The molecule has 2 heterocycles. The predicted molar refractivity (Wildman–Crippen MR) is 99.5 cm³/mol. The summed E-state index contributed by atoms with van der Waals surface area (Å²) in [5.41, 5.74) is 4.27. The molecule has 2 nitrogen and oxygen atoms in total. The zero-order chi connectivity index (χ0) is 14.4. The Bertz CT molecular complexity index is 975. The van der Waals surface area contributed by atoms with Crippen LogP contribution in [0, 0.1) is 3.57 Å². The summed E-state index contributed by atoms with van der Waals surface area (Å²) in [6, 6.07) is 16.8. The number of H-pyrrole nitrogens is 1. The van der Waals surface area contributed by atoms with Gasteiger partial charge < -0.3 is 4.98 Å². The molecular formula is C17H10BrIN2. The first kappa shape index (κ1) is 13.3. The van der Waals surface area contributed by atoms with Gasteiger partial charge in [-0.1, -0.05) is 22.0 Å². The number of benzene rings is 2. The summed E-state index contributed by atoms with van der Waals surface area (Å²) in [6.45, 7) is 0. The Morgan fingerprint density at radius 2 is 1.90 bits per heavy atom. The molecule has 4 heteroatoms. The standard InChI is InChI=1S/C17H10BrIN2/c18-11-2-5-16-13(8-11)14(9-20-16)17-4-1-10-7-12(19)3-6-15(10)21-17/h1-9,20H. The first-order valence-corrected chi connectivity index (χ1v) is 8.41. The fourth-order valence-electron chi connectivity index (χ4n) is 2.55. The summed E-state index contributed by atoms with van der Waals surface area (Å²) in [5.74, 6) is 0. The lowest BCUT2D eigenvalue weighted by molar-refractivity contribution is 1.39. The monoisotopic (exact) mass is 448 g/mol. The van der Waals surface area contributed by atoms with Crippen LogP contribution in [0.25, 0.3) is 33.1 Å². The van der Waals surface area contributed by atoms with Gasteiger partial charge in [-0.05, 0) is 65.1 Å². The molecule has 4 aromatic rings.